The van der Waals surface area contributed by atoms with Gasteiger partial charge < -0.3 is 24.0 Å². The molecule has 6 rings (SSSR count). The standard InChI is InChI=1S/C36H40ClN7O5.H2S/c1-35(2,3)49-34(46)43-14-15-47-27(21-43)23-48-26-16-28(33-25(18-38)20-41-44(33)22-26)24-7-8-31(40-19-24)42-12-9-36(4,10-13-42)17-30(45)32-29(37)6-5-11-39-32;/h5-8,11,16,19-20,22,27H,9-10,12-15,17,21,23H2,1-4H3;1H2/t27-;/m0./s1. The molecule has 1 amide bonds. The fourth-order valence-electron chi connectivity index (χ4n) is 6.23. The number of Topliss-reactive ketones (excluding diaryl/α,β-unsaturated/α-hetero) is 1. The maximum atomic E-state index is 13.0. The lowest BCUT2D eigenvalue weighted by atomic mass is 9.76. The van der Waals surface area contributed by atoms with E-state index in [9.17, 15) is 14.9 Å². The van der Waals surface area contributed by atoms with Crippen LogP contribution in [0.3, 0.4) is 0 Å². The van der Waals surface area contributed by atoms with E-state index in [0.717, 1.165) is 42.9 Å². The maximum Gasteiger partial charge on any atom is 0.410 e. The number of aromatic nitrogens is 4. The zero-order valence-corrected chi connectivity index (χ0v) is 30.4. The summed E-state index contributed by atoms with van der Waals surface area (Å²) in [5.41, 5.74) is 2.24. The number of fused-ring (bicyclic) bond motifs is 1. The fourth-order valence-corrected chi connectivity index (χ4v) is 6.45. The Morgan fingerprint density at radius 2 is 1.92 bits per heavy atom. The summed E-state index contributed by atoms with van der Waals surface area (Å²) in [4.78, 5) is 38.4. The van der Waals surface area contributed by atoms with E-state index in [1.54, 1.807) is 40.1 Å². The molecular weight excluding hydrogens is 678 g/mol. The maximum absolute atomic E-state index is 13.0. The van der Waals surface area contributed by atoms with Crippen molar-refractivity contribution in [3.8, 4) is 22.9 Å². The van der Waals surface area contributed by atoms with Gasteiger partial charge in [0.25, 0.3) is 0 Å². The number of pyridine rings is 3. The number of amides is 1. The average Bonchev–Trinajstić information content (AvgIpc) is 3.50. The summed E-state index contributed by atoms with van der Waals surface area (Å²) in [5, 5.41) is 14.6. The van der Waals surface area contributed by atoms with E-state index in [4.69, 9.17) is 30.8 Å². The summed E-state index contributed by atoms with van der Waals surface area (Å²) in [6, 6.07) is 11.5. The Bertz CT molecular complexity index is 1880. The van der Waals surface area contributed by atoms with Gasteiger partial charge in [-0.25, -0.2) is 14.3 Å². The minimum absolute atomic E-state index is 0. The first kappa shape index (κ1) is 36.9. The summed E-state index contributed by atoms with van der Waals surface area (Å²) in [7, 11) is 0. The first-order chi connectivity index (χ1) is 23.4. The lowest BCUT2D eigenvalue weighted by molar-refractivity contribution is -0.0557. The highest BCUT2D eigenvalue weighted by atomic mass is 35.5. The molecule has 0 radical (unpaired) electrons. The van der Waals surface area contributed by atoms with Crippen molar-refractivity contribution >= 4 is 48.3 Å². The number of rotatable bonds is 8. The van der Waals surface area contributed by atoms with Gasteiger partial charge in [-0.05, 0) is 69.4 Å². The Morgan fingerprint density at radius 1 is 1.14 bits per heavy atom. The van der Waals surface area contributed by atoms with Crippen LogP contribution in [0.4, 0.5) is 10.6 Å². The summed E-state index contributed by atoms with van der Waals surface area (Å²) in [6.45, 7) is 10.6. The van der Waals surface area contributed by atoms with E-state index >= 15 is 0 Å². The molecule has 0 aromatic carbocycles. The molecule has 2 fully saturated rings. The van der Waals surface area contributed by atoms with Gasteiger partial charge in [0.05, 0.1) is 41.6 Å². The largest absolute Gasteiger partial charge is 0.489 e. The Kier molecular flexibility index (Phi) is 11.2. The summed E-state index contributed by atoms with van der Waals surface area (Å²) in [6.07, 6.45) is 7.98. The van der Waals surface area contributed by atoms with Crippen LogP contribution < -0.4 is 9.64 Å². The molecule has 6 heterocycles. The number of morpholine rings is 1. The van der Waals surface area contributed by atoms with Crippen molar-refractivity contribution in [3.63, 3.8) is 0 Å². The Hall–Kier alpha value is -4.38. The smallest absolute Gasteiger partial charge is 0.410 e. The molecule has 50 heavy (non-hydrogen) atoms. The van der Waals surface area contributed by atoms with Gasteiger partial charge in [0.1, 0.15) is 41.6 Å². The number of halogens is 1. The zero-order valence-electron chi connectivity index (χ0n) is 28.7. The van der Waals surface area contributed by atoms with Gasteiger partial charge in [0.15, 0.2) is 5.78 Å². The molecule has 0 saturated carbocycles. The highest BCUT2D eigenvalue weighted by molar-refractivity contribution is 7.59. The van der Waals surface area contributed by atoms with E-state index in [1.165, 1.54) is 6.20 Å². The topological polar surface area (TPSA) is 135 Å². The van der Waals surface area contributed by atoms with Crippen LogP contribution in [-0.2, 0) is 9.47 Å². The number of piperidine rings is 1. The third-order valence-electron chi connectivity index (χ3n) is 8.90. The second-order valence-corrected chi connectivity index (χ2v) is 14.3. The molecule has 4 aromatic rings. The number of nitrogens with zero attached hydrogens (tertiary/aromatic N) is 7. The number of anilines is 1. The quantitative estimate of drug-likeness (QED) is 0.190. The fraction of sp³-hybridized carbons (Fsp3) is 0.444. The number of carbonyl (C=O) groups is 2. The molecule has 2 aliphatic rings. The Balaban J connectivity index is 0.00000486. The van der Waals surface area contributed by atoms with Crippen molar-refractivity contribution in [3.05, 3.63) is 71.4 Å². The molecule has 264 valence electrons. The molecule has 0 N–H and O–H groups in total. The molecule has 12 nitrogen and oxygen atoms in total. The lowest BCUT2D eigenvalue weighted by Crippen LogP contribution is -2.49. The molecular formula is C36H42ClN7O5S. The van der Waals surface area contributed by atoms with Crippen molar-refractivity contribution in [2.75, 3.05) is 44.3 Å². The number of ether oxygens (including phenoxy) is 3. The second kappa shape index (κ2) is 15.2. The van der Waals surface area contributed by atoms with Gasteiger partial charge in [-0.15, -0.1) is 0 Å². The van der Waals surface area contributed by atoms with Gasteiger partial charge >= 0.3 is 6.09 Å². The summed E-state index contributed by atoms with van der Waals surface area (Å²) < 4.78 is 19.2. The number of nitriles is 1. The number of hydrogen-bond acceptors (Lipinski definition) is 10. The van der Waals surface area contributed by atoms with E-state index in [-0.39, 0.29) is 43.5 Å². The summed E-state index contributed by atoms with van der Waals surface area (Å²) in [5.74, 6) is 1.34. The molecule has 0 bridgehead atoms. The minimum Gasteiger partial charge on any atom is -0.489 e. The van der Waals surface area contributed by atoms with Crippen molar-refractivity contribution in [1.29, 1.82) is 5.26 Å². The Morgan fingerprint density at radius 3 is 2.60 bits per heavy atom. The van der Waals surface area contributed by atoms with E-state index in [2.05, 4.69) is 28.0 Å². The third kappa shape index (κ3) is 8.49. The third-order valence-corrected chi connectivity index (χ3v) is 9.20. The number of carbonyl (C=O) groups excluding carboxylic acids is 2. The molecule has 0 aliphatic carbocycles. The van der Waals surface area contributed by atoms with Crippen LogP contribution in [0, 0.1) is 16.7 Å². The van der Waals surface area contributed by atoms with Crippen molar-refractivity contribution in [2.24, 2.45) is 5.41 Å². The van der Waals surface area contributed by atoms with Crippen LogP contribution in [0.2, 0.25) is 5.02 Å². The Labute approximate surface area is 303 Å². The predicted octanol–water partition coefficient (Wildman–Crippen LogP) is 6.32. The van der Waals surface area contributed by atoms with Gasteiger partial charge in [-0.3, -0.25) is 9.78 Å². The minimum atomic E-state index is -0.584. The first-order valence-electron chi connectivity index (χ1n) is 16.4. The van der Waals surface area contributed by atoms with Crippen LogP contribution in [0.5, 0.6) is 5.75 Å². The van der Waals surface area contributed by atoms with Crippen LogP contribution in [0.1, 0.15) is 63.0 Å². The van der Waals surface area contributed by atoms with E-state index < -0.39 is 5.60 Å². The van der Waals surface area contributed by atoms with E-state index in [0.29, 0.717) is 53.7 Å². The van der Waals surface area contributed by atoms with Crippen molar-refractivity contribution < 1.29 is 23.8 Å². The van der Waals surface area contributed by atoms with Gasteiger partial charge in [0.2, 0.25) is 0 Å². The number of ketones is 1. The van der Waals surface area contributed by atoms with Gasteiger partial charge in [0, 0.05) is 49.6 Å². The van der Waals surface area contributed by atoms with Crippen LogP contribution in [-0.4, -0.2) is 87.5 Å². The van der Waals surface area contributed by atoms with Crippen LogP contribution in [0.25, 0.3) is 16.6 Å². The molecule has 2 saturated heterocycles. The highest BCUT2D eigenvalue weighted by Gasteiger charge is 2.34. The van der Waals surface area contributed by atoms with Crippen LogP contribution >= 0.6 is 25.1 Å². The molecule has 1 atom stereocenters. The first-order valence-corrected chi connectivity index (χ1v) is 16.8. The monoisotopic (exact) mass is 719 g/mol. The number of hydrogen-bond donors (Lipinski definition) is 0. The lowest BCUT2D eigenvalue weighted by Gasteiger charge is -2.39. The normalized spacial score (nSPS) is 17.5. The molecule has 0 unspecified atom stereocenters. The van der Waals surface area contributed by atoms with Gasteiger partial charge in [-0.2, -0.15) is 23.9 Å². The van der Waals surface area contributed by atoms with Crippen molar-refractivity contribution in [2.45, 2.75) is 58.7 Å². The van der Waals surface area contributed by atoms with Crippen LogP contribution in [0.15, 0.2) is 55.1 Å². The zero-order chi connectivity index (χ0) is 34.8. The SMILES string of the molecule is CC1(CC(=O)c2ncccc2Cl)CCN(c2ccc(-c3cc(OC[C@@H]4CN(C(=O)OC(C)(C)C)CCO4)cn4ncc(C#N)c34)cn2)CC1.S. The van der Waals surface area contributed by atoms with Gasteiger partial charge in [-0.1, -0.05) is 18.5 Å². The van der Waals surface area contributed by atoms with Crippen molar-refractivity contribution in [1.82, 2.24) is 24.5 Å². The predicted molar refractivity (Wildman–Crippen MR) is 194 cm³/mol. The highest BCUT2D eigenvalue weighted by Crippen LogP contribution is 2.38. The molecule has 2 aliphatic heterocycles. The molecule has 4 aromatic heterocycles. The summed E-state index contributed by atoms with van der Waals surface area (Å²) >= 11 is 6.22. The average molecular weight is 720 g/mol. The molecule has 0 spiro atoms. The van der Waals surface area contributed by atoms with E-state index in [1.807, 2.05) is 39.0 Å². The molecule has 14 heteroatoms. The second-order valence-electron chi connectivity index (χ2n) is 13.9.